The van der Waals surface area contributed by atoms with Gasteiger partial charge in [0, 0.05) is 45.4 Å². The summed E-state index contributed by atoms with van der Waals surface area (Å²) in [6, 6.07) is 8.05. The van der Waals surface area contributed by atoms with Crippen molar-refractivity contribution in [1.82, 2.24) is 15.3 Å². The van der Waals surface area contributed by atoms with Crippen LogP contribution in [-0.4, -0.2) is 83.3 Å². The van der Waals surface area contributed by atoms with E-state index in [9.17, 15) is 13.2 Å². The Labute approximate surface area is 244 Å². The van der Waals surface area contributed by atoms with Crippen LogP contribution in [0.25, 0.3) is 15.9 Å². The summed E-state index contributed by atoms with van der Waals surface area (Å²) in [5.74, 6) is 0.622. The van der Waals surface area contributed by atoms with Gasteiger partial charge in [0.25, 0.3) is 5.91 Å². The van der Waals surface area contributed by atoms with E-state index in [0.717, 1.165) is 6.42 Å². The largest absolute Gasteiger partial charge is 0.491 e. The molecule has 11 nitrogen and oxygen atoms in total. The maximum absolute atomic E-state index is 13.8. The third-order valence-corrected chi connectivity index (χ3v) is 9.07. The maximum Gasteiger partial charge on any atom is 0.261 e. The van der Waals surface area contributed by atoms with E-state index in [4.69, 9.17) is 18.9 Å². The third kappa shape index (κ3) is 8.01. The molecule has 0 bridgehead atoms. The average molecular weight is 605 g/mol. The standard InChI is InChI=1S/C28H36N4O7S2/c1-4-22(39-20-11-15-37-18-20)24(19-6-8-21(9-7-19)41(34,35)17-5-14-36-3)26(33)32-28-31-25-23(38-16-13-29-2)10-12-30-27(25)40-28/h6-10,12,20,29H,4-5,11,13-18H2,1-3H3,(H,31,32,33)/b24-22+/t20-/m1/s1. The predicted octanol–water partition coefficient (Wildman–Crippen LogP) is 3.67. The van der Waals surface area contributed by atoms with Gasteiger partial charge in [0.2, 0.25) is 0 Å². The molecule has 222 valence electrons. The number of fused-ring (bicyclic) bond motifs is 1. The second-order valence-corrected chi connectivity index (χ2v) is 12.4. The summed E-state index contributed by atoms with van der Waals surface area (Å²) in [5, 5.41) is 6.29. The lowest BCUT2D eigenvalue weighted by atomic mass is 10.0. The second-order valence-electron chi connectivity index (χ2n) is 9.33. The molecule has 0 aliphatic carbocycles. The molecule has 1 aliphatic heterocycles. The van der Waals surface area contributed by atoms with E-state index in [2.05, 4.69) is 20.6 Å². The Balaban J connectivity index is 1.64. The first-order valence-corrected chi connectivity index (χ1v) is 16.0. The summed E-state index contributed by atoms with van der Waals surface area (Å²) in [6.45, 7) is 4.43. The number of likely N-dealkylation sites (N-methyl/N-ethyl adjacent to an activating group) is 1. The zero-order chi connectivity index (χ0) is 29.2. The Bertz CT molecular complexity index is 1450. The van der Waals surface area contributed by atoms with Crippen molar-refractivity contribution in [1.29, 1.82) is 0 Å². The zero-order valence-corrected chi connectivity index (χ0v) is 25.1. The molecule has 1 amide bonds. The molecule has 1 atom stereocenters. The Morgan fingerprint density at radius 2 is 2.00 bits per heavy atom. The van der Waals surface area contributed by atoms with Gasteiger partial charge in [0.05, 0.1) is 29.4 Å². The normalized spacial score (nSPS) is 16.0. The molecule has 3 heterocycles. The molecule has 1 aliphatic rings. The second kappa shape index (κ2) is 14.7. The minimum atomic E-state index is -3.49. The lowest BCUT2D eigenvalue weighted by Gasteiger charge is -2.19. The third-order valence-electron chi connectivity index (χ3n) is 6.38. The molecule has 4 rings (SSSR count). The number of carbonyl (C=O) groups is 1. The first kappa shape index (κ1) is 30.8. The van der Waals surface area contributed by atoms with Crippen molar-refractivity contribution in [3.63, 3.8) is 0 Å². The number of rotatable bonds is 15. The molecular formula is C28H36N4O7S2. The summed E-state index contributed by atoms with van der Waals surface area (Å²) in [4.78, 5) is 23.6. The number of ether oxygens (including phenoxy) is 4. The van der Waals surface area contributed by atoms with Crippen LogP contribution >= 0.6 is 11.3 Å². The highest BCUT2D eigenvalue weighted by Crippen LogP contribution is 2.33. The molecular weight excluding hydrogens is 568 g/mol. The number of methoxy groups -OCH3 is 1. The van der Waals surface area contributed by atoms with Crippen molar-refractivity contribution < 1.29 is 32.2 Å². The van der Waals surface area contributed by atoms with E-state index in [1.165, 1.54) is 30.6 Å². The van der Waals surface area contributed by atoms with Gasteiger partial charge in [0.1, 0.15) is 34.6 Å². The van der Waals surface area contributed by atoms with Gasteiger partial charge in [0.15, 0.2) is 15.0 Å². The fourth-order valence-electron chi connectivity index (χ4n) is 4.29. The van der Waals surface area contributed by atoms with Crippen molar-refractivity contribution in [3.05, 3.63) is 47.9 Å². The van der Waals surface area contributed by atoms with Gasteiger partial charge < -0.3 is 24.3 Å². The summed E-state index contributed by atoms with van der Waals surface area (Å²) in [7, 11) is -0.111. The molecule has 1 aromatic carbocycles. The van der Waals surface area contributed by atoms with Crippen LogP contribution < -0.4 is 15.4 Å². The number of pyridine rings is 1. The smallest absolute Gasteiger partial charge is 0.261 e. The summed E-state index contributed by atoms with van der Waals surface area (Å²) in [6.07, 6.45) is 3.03. The van der Waals surface area contributed by atoms with Gasteiger partial charge in [-0.1, -0.05) is 30.4 Å². The van der Waals surface area contributed by atoms with Crippen molar-refractivity contribution in [2.75, 3.05) is 58.2 Å². The monoisotopic (exact) mass is 604 g/mol. The highest BCUT2D eigenvalue weighted by molar-refractivity contribution is 7.91. The Morgan fingerprint density at radius 1 is 1.20 bits per heavy atom. The van der Waals surface area contributed by atoms with E-state index in [-0.39, 0.29) is 16.8 Å². The van der Waals surface area contributed by atoms with Crippen LogP contribution in [0.5, 0.6) is 5.75 Å². The summed E-state index contributed by atoms with van der Waals surface area (Å²) >= 11 is 1.24. The van der Waals surface area contributed by atoms with Gasteiger partial charge >= 0.3 is 0 Å². The van der Waals surface area contributed by atoms with Crippen molar-refractivity contribution >= 4 is 48.1 Å². The van der Waals surface area contributed by atoms with E-state index in [0.29, 0.717) is 83.9 Å². The molecule has 1 fully saturated rings. The van der Waals surface area contributed by atoms with Crippen LogP contribution in [0.3, 0.4) is 0 Å². The van der Waals surface area contributed by atoms with Crippen LogP contribution in [-0.2, 0) is 28.8 Å². The first-order chi connectivity index (χ1) is 19.9. The highest BCUT2D eigenvalue weighted by atomic mass is 32.2. The zero-order valence-electron chi connectivity index (χ0n) is 23.5. The van der Waals surface area contributed by atoms with Crippen molar-refractivity contribution in [2.45, 2.75) is 37.2 Å². The van der Waals surface area contributed by atoms with Crippen molar-refractivity contribution in [3.8, 4) is 5.75 Å². The van der Waals surface area contributed by atoms with Gasteiger partial charge in [-0.2, -0.15) is 0 Å². The van der Waals surface area contributed by atoms with Crippen LogP contribution in [0.2, 0.25) is 0 Å². The van der Waals surface area contributed by atoms with Crippen LogP contribution in [0.1, 0.15) is 31.7 Å². The maximum atomic E-state index is 13.8. The number of allylic oxidation sites excluding steroid dienone is 1. The number of sulfone groups is 1. The average Bonchev–Trinajstić information content (AvgIpc) is 3.63. The van der Waals surface area contributed by atoms with Gasteiger partial charge in [-0.3, -0.25) is 10.1 Å². The minimum absolute atomic E-state index is 0.0271. The number of aromatic nitrogens is 2. The minimum Gasteiger partial charge on any atom is -0.491 e. The van der Waals surface area contributed by atoms with Crippen LogP contribution in [0, 0.1) is 0 Å². The number of hydrogen-bond donors (Lipinski definition) is 2. The SMILES string of the molecule is CC/C(O[C@@H]1CCOC1)=C(\C(=O)Nc1nc2c(OCCNC)ccnc2s1)c1ccc(S(=O)(=O)CCCOC)cc1. The Kier molecular flexibility index (Phi) is 11.1. The number of nitrogens with one attached hydrogen (secondary N) is 2. The molecule has 41 heavy (non-hydrogen) atoms. The lowest BCUT2D eigenvalue weighted by molar-refractivity contribution is -0.111. The Morgan fingerprint density at radius 3 is 2.68 bits per heavy atom. The number of carbonyl (C=O) groups excluding carboxylic acids is 1. The fraction of sp³-hybridized carbons (Fsp3) is 0.464. The molecule has 0 unspecified atom stereocenters. The highest BCUT2D eigenvalue weighted by Gasteiger charge is 2.25. The number of benzene rings is 1. The molecule has 1 saturated heterocycles. The van der Waals surface area contributed by atoms with Crippen molar-refractivity contribution in [2.24, 2.45) is 0 Å². The topological polar surface area (TPSA) is 138 Å². The van der Waals surface area contributed by atoms with E-state index >= 15 is 0 Å². The molecule has 2 aromatic heterocycles. The number of anilines is 1. The first-order valence-electron chi connectivity index (χ1n) is 13.5. The van der Waals surface area contributed by atoms with Gasteiger partial charge in [-0.05, 0) is 31.2 Å². The molecule has 3 aromatic rings. The quantitative estimate of drug-likeness (QED) is 0.150. The molecule has 0 spiro atoms. The molecule has 2 N–H and O–H groups in total. The number of thiazole rings is 1. The van der Waals surface area contributed by atoms with Gasteiger partial charge in [-0.15, -0.1) is 0 Å². The van der Waals surface area contributed by atoms with E-state index < -0.39 is 15.7 Å². The number of nitrogens with zero attached hydrogens (tertiary/aromatic N) is 2. The summed E-state index contributed by atoms with van der Waals surface area (Å²) in [5.41, 5.74) is 1.40. The van der Waals surface area contributed by atoms with E-state index in [1.54, 1.807) is 24.4 Å². The number of hydrogen-bond acceptors (Lipinski definition) is 11. The molecule has 0 radical (unpaired) electrons. The molecule has 13 heteroatoms. The lowest BCUT2D eigenvalue weighted by Crippen LogP contribution is -2.19. The Hall–Kier alpha value is -3.10. The summed E-state index contributed by atoms with van der Waals surface area (Å²) < 4.78 is 48.0. The van der Waals surface area contributed by atoms with E-state index in [1.807, 2.05) is 14.0 Å². The fourth-order valence-corrected chi connectivity index (χ4v) is 6.39. The van der Waals surface area contributed by atoms with Crippen LogP contribution in [0.15, 0.2) is 47.2 Å². The van der Waals surface area contributed by atoms with Gasteiger partial charge in [-0.25, -0.2) is 18.4 Å². The molecule has 0 saturated carbocycles. The number of amides is 1. The predicted molar refractivity (Wildman–Crippen MR) is 158 cm³/mol. The van der Waals surface area contributed by atoms with Crippen LogP contribution in [0.4, 0.5) is 5.13 Å².